The molecule has 0 saturated heterocycles. The van der Waals surface area contributed by atoms with Gasteiger partial charge in [0.25, 0.3) is 0 Å². The van der Waals surface area contributed by atoms with E-state index < -0.39 is 5.41 Å². The fourth-order valence-corrected chi connectivity index (χ4v) is 4.78. The van der Waals surface area contributed by atoms with Crippen LogP contribution >= 0.6 is 0 Å². The Bertz CT molecular complexity index is 1280. The number of nitrogens with two attached hydrogens (primary N) is 1. The normalized spacial score (nSPS) is 15.3. The number of anilines is 1. The summed E-state index contributed by atoms with van der Waals surface area (Å²) in [7, 11) is 1.44. The molecule has 2 aromatic carbocycles. The minimum Gasteiger partial charge on any atom is -0.468 e. The molecule has 0 unspecified atom stereocenters. The Morgan fingerprint density at radius 2 is 1.70 bits per heavy atom. The van der Waals surface area contributed by atoms with E-state index in [2.05, 4.69) is 4.98 Å². The molecule has 2 heterocycles. The van der Waals surface area contributed by atoms with Crippen molar-refractivity contribution in [2.24, 2.45) is 0 Å². The number of imidazole rings is 1. The Morgan fingerprint density at radius 1 is 1.00 bits per heavy atom. The summed E-state index contributed by atoms with van der Waals surface area (Å²) in [6.45, 7) is 0. The van der Waals surface area contributed by atoms with Crippen LogP contribution in [0.1, 0.15) is 37.9 Å². The van der Waals surface area contributed by atoms with Gasteiger partial charge in [-0.05, 0) is 49.2 Å². The molecule has 33 heavy (non-hydrogen) atoms. The highest BCUT2D eigenvalue weighted by molar-refractivity contribution is 5.88. The zero-order chi connectivity index (χ0) is 22.8. The van der Waals surface area contributed by atoms with Crippen molar-refractivity contribution in [1.82, 2.24) is 14.4 Å². The molecule has 1 aliphatic carbocycles. The summed E-state index contributed by atoms with van der Waals surface area (Å²) in [4.78, 5) is 22.3. The van der Waals surface area contributed by atoms with Gasteiger partial charge in [-0.2, -0.15) is 0 Å². The van der Waals surface area contributed by atoms with Gasteiger partial charge in [-0.1, -0.05) is 37.5 Å². The summed E-state index contributed by atoms with van der Waals surface area (Å²) < 4.78 is 13.1. The number of benzene rings is 2. The average molecular weight is 443 g/mol. The molecular weight excluding hydrogens is 416 g/mol. The van der Waals surface area contributed by atoms with Gasteiger partial charge in [0.2, 0.25) is 0 Å². The molecule has 1 aliphatic rings. The Morgan fingerprint density at radius 3 is 2.39 bits per heavy atom. The minimum atomic E-state index is -0.793. The van der Waals surface area contributed by atoms with E-state index in [4.69, 9.17) is 20.2 Å². The van der Waals surface area contributed by atoms with Crippen LogP contribution in [0.4, 0.5) is 5.82 Å². The van der Waals surface area contributed by atoms with Crippen molar-refractivity contribution in [2.75, 3.05) is 12.8 Å². The summed E-state index contributed by atoms with van der Waals surface area (Å²) in [6.07, 6.45) is 7.86. The number of aromatic nitrogens is 3. The lowest BCUT2D eigenvalue weighted by atomic mass is 9.73. The maximum atomic E-state index is 13.0. The molecule has 1 saturated carbocycles. The predicted molar refractivity (Wildman–Crippen MR) is 126 cm³/mol. The summed E-state index contributed by atoms with van der Waals surface area (Å²) in [5, 5.41) is 0. The van der Waals surface area contributed by atoms with Gasteiger partial charge in [-0.3, -0.25) is 9.20 Å². The van der Waals surface area contributed by atoms with Crippen LogP contribution in [0.5, 0.6) is 11.5 Å². The highest BCUT2D eigenvalue weighted by Gasteiger charge is 2.46. The second kappa shape index (κ2) is 8.58. The van der Waals surface area contributed by atoms with Gasteiger partial charge in [-0.15, -0.1) is 0 Å². The minimum absolute atomic E-state index is 0.248. The monoisotopic (exact) mass is 442 g/mol. The number of nitrogen functional groups attached to an aromatic ring is 1. The van der Waals surface area contributed by atoms with Crippen molar-refractivity contribution in [2.45, 2.75) is 37.5 Å². The molecular formula is C26H26N4O3. The number of para-hydroxylation sites is 1. The molecule has 0 aliphatic heterocycles. The number of rotatable bonds is 5. The van der Waals surface area contributed by atoms with E-state index in [9.17, 15) is 4.79 Å². The molecule has 0 spiro atoms. The van der Waals surface area contributed by atoms with Gasteiger partial charge in [0.05, 0.1) is 7.11 Å². The van der Waals surface area contributed by atoms with Gasteiger partial charge in [0.1, 0.15) is 39.8 Å². The maximum Gasteiger partial charge on any atom is 0.319 e. The first-order valence-corrected chi connectivity index (χ1v) is 11.2. The zero-order valence-electron chi connectivity index (χ0n) is 18.5. The number of carbonyl (C=O) groups excluding carboxylic acids is 1. The number of carbonyl (C=O) groups is 1. The first-order valence-electron chi connectivity index (χ1n) is 11.2. The molecule has 168 valence electrons. The smallest absolute Gasteiger partial charge is 0.319 e. The van der Waals surface area contributed by atoms with E-state index in [1.54, 1.807) is 6.20 Å². The molecule has 4 aromatic rings. The second-order valence-corrected chi connectivity index (χ2v) is 8.39. The van der Waals surface area contributed by atoms with Crippen molar-refractivity contribution in [3.63, 3.8) is 0 Å². The van der Waals surface area contributed by atoms with Gasteiger partial charge in [0, 0.05) is 18.0 Å². The third kappa shape index (κ3) is 3.69. The van der Waals surface area contributed by atoms with Gasteiger partial charge < -0.3 is 15.2 Å². The number of methoxy groups -OCH3 is 1. The largest absolute Gasteiger partial charge is 0.468 e. The first kappa shape index (κ1) is 21.0. The van der Waals surface area contributed by atoms with Crippen molar-refractivity contribution in [3.05, 3.63) is 72.8 Å². The van der Waals surface area contributed by atoms with Crippen LogP contribution in [-0.4, -0.2) is 27.4 Å². The lowest BCUT2D eigenvalue weighted by molar-refractivity contribution is -0.149. The van der Waals surface area contributed by atoms with Crippen LogP contribution in [-0.2, 0) is 14.9 Å². The topological polar surface area (TPSA) is 91.7 Å². The van der Waals surface area contributed by atoms with E-state index in [1.807, 2.05) is 65.2 Å². The third-order valence-corrected chi connectivity index (χ3v) is 6.40. The Kier molecular flexibility index (Phi) is 5.46. The summed E-state index contributed by atoms with van der Waals surface area (Å²) in [5.41, 5.74) is 7.77. The molecule has 0 atom stereocenters. The van der Waals surface area contributed by atoms with Crippen LogP contribution < -0.4 is 10.5 Å². The summed E-state index contributed by atoms with van der Waals surface area (Å²) >= 11 is 0. The molecule has 7 nitrogen and oxygen atoms in total. The van der Waals surface area contributed by atoms with Crippen LogP contribution in [0.25, 0.3) is 16.8 Å². The fraction of sp³-hybridized carbons (Fsp3) is 0.269. The van der Waals surface area contributed by atoms with Crippen molar-refractivity contribution in [3.8, 4) is 22.8 Å². The SMILES string of the molecule is COC(=O)C1(c2nc(-c3ccc(Oc4ccccc4)cc3)c3c(N)nccn23)CCCCC1. The van der Waals surface area contributed by atoms with Gasteiger partial charge >= 0.3 is 5.97 Å². The summed E-state index contributed by atoms with van der Waals surface area (Å²) in [6, 6.07) is 17.3. The van der Waals surface area contributed by atoms with E-state index in [0.717, 1.165) is 36.3 Å². The lowest BCUT2D eigenvalue weighted by Crippen LogP contribution is -2.40. The molecule has 2 aromatic heterocycles. The quantitative estimate of drug-likeness (QED) is 0.430. The first-order chi connectivity index (χ1) is 16.1. The molecule has 1 fully saturated rings. The Balaban J connectivity index is 1.60. The average Bonchev–Trinajstić information content (AvgIpc) is 3.26. The molecule has 5 rings (SSSR count). The van der Waals surface area contributed by atoms with Crippen LogP contribution in [0, 0.1) is 0 Å². The maximum absolute atomic E-state index is 13.0. The van der Waals surface area contributed by atoms with Crippen molar-refractivity contribution >= 4 is 17.3 Å². The molecule has 0 radical (unpaired) electrons. The van der Waals surface area contributed by atoms with E-state index >= 15 is 0 Å². The molecule has 0 bridgehead atoms. The number of hydrogen-bond donors (Lipinski definition) is 1. The Hall–Kier alpha value is -3.87. The van der Waals surface area contributed by atoms with Crippen LogP contribution in [0.2, 0.25) is 0 Å². The number of nitrogens with zero attached hydrogens (tertiary/aromatic N) is 3. The van der Waals surface area contributed by atoms with Gasteiger partial charge in [-0.25, -0.2) is 9.97 Å². The second-order valence-electron chi connectivity index (χ2n) is 8.39. The Labute approximate surface area is 192 Å². The zero-order valence-corrected chi connectivity index (χ0v) is 18.5. The van der Waals surface area contributed by atoms with E-state index in [0.29, 0.717) is 35.7 Å². The summed E-state index contributed by atoms with van der Waals surface area (Å²) in [5.74, 6) is 2.27. The molecule has 0 amide bonds. The van der Waals surface area contributed by atoms with Crippen LogP contribution in [0.15, 0.2) is 67.0 Å². The third-order valence-electron chi connectivity index (χ3n) is 6.40. The number of hydrogen-bond acceptors (Lipinski definition) is 6. The predicted octanol–water partition coefficient (Wildman–Crippen LogP) is 5.15. The standard InChI is InChI=1S/C26H26N4O3/c1-32-25(31)26(14-6-3-7-15-26)24-29-21(22-23(27)28-16-17-30(22)24)18-10-12-20(13-11-18)33-19-8-4-2-5-9-19/h2,4-5,8-13,16-17H,3,6-7,14-15H2,1H3,(H2,27,28). The van der Waals surface area contributed by atoms with Crippen LogP contribution in [0.3, 0.4) is 0 Å². The highest BCUT2D eigenvalue weighted by Crippen LogP contribution is 2.42. The van der Waals surface area contributed by atoms with Crippen molar-refractivity contribution < 1.29 is 14.3 Å². The number of esters is 1. The van der Waals surface area contributed by atoms with E-state index in [-0.39, 0.29) is 5.97 Å². The number of ether oxygens (including phenoxy) is 2. The van der Waals surface area contributed by atoms with E-state index in [1.165, 1.54) is 7.11 Å². The van der Waals surface area contributed by atoms with Crippen molar-refractivity contribution in [1.29, 1.82) is 0 Å². The molecule has 7 heteroatoms. The van der Waals surface area contributed by atoms with Gasteiger partial charge in [0.15, 0.2) is 0 Å². The number of fused-ring (bicyclic) bond motifs is 1. The highest BCUT2D eigenvalue weighted by atomic mass is 16.5. The molecule has 2 N–H and O–H groups in total. The fourth-order valence-electron chi connectivity index (χ4n) is 4.78. The lowest BCUT2D eigenvalue weighted by Gasteiger charge is -2.33.